The number of carbonyl (C=O) groups excluding carboxylic acids is 1. The smallest absolute Gasteiger partial charge is 0.335 e. The summed E-state index contributed by atoms with van der Waals surface area (Å²) < 4.78 is 1.84. The molecule has 7 heteroatoms. The van der Waals surface area contributed by atoms with Gasteiger partial charge in [-0.3, -0.25) is 9.48 Å². The van der Waals surface area contributed by atoms with Gasteiger partial charge in [-0.15, -0.1) is 0 Å². The minimum atomic E-state index is -0.999. The molecule has 0 spiro atoms. The summed E-state index contributed by atoms with van der Waals surface area (Å²) in [7, 11) is 0. The minimum Gasteiger partial charge on any atom is -0.478 e. The molecule has 0 aliphatic carbocycles. The van der Waals surface area contributed by atoms with Crippen molar-refractivity contribution in [1.29, 1.82) is 5.26 Å². The van der Waals surface area contributed by atoms with Crippen LogP contribution in [0.2, 0.25) is 0 Å². The van der Waals surface area contributed by atoms with E-state index in [4.69, 9.17) is 0 Å². The van der Waals surface area contributed by atoms with Gasteiger partial charge < -0.3 is 10.4 Å². The van der Waals surface area contributed by atoms with E-state index in [1.165, 1.54) is 12.1 Å². The number of fused-ring (bicyclic) bond motifs is 1. The monoisotopic (exact) mass is 562 g/mol. The van der Waals surface area contributed by atoms with Gasteiger partial charge in [-0.2, -0.15) is 10.4 Å². The highest BCUT2D eigenvalue weighted by Gasteiger charge is 2.18. The zero-order valence-electron chi connectivity index (χ0n) is 23.1. The van der Waals surface area contributed by atoms with Gasteiger partial charge in [-0.1, -0.05) is 78.9 Å². The summed E-state index contributed by atoms with van der Waals surface area (Å²) >= 11 is 0. The standard InChI is InChI=1S/C36H26N4O3/c37-20-24-6-12-29(13-7-24)31-18-32-22-39-40(23-26-10-14-28(15-11-26)27-4-2-1-3-5-27)34(32)33(19-31)35(41)38-21-25-8-16-30(17-9-25)36(42)43/h1-19,22H,21,23H2,(H,38,41)(H,42,43). The van der Waals surface area contributed by atoms with Crippen molar-refractivity contribution < 1.29 is 14.7 Å². The number of aromatic nitrogens is 2. The lowest BCUT2D eigenvalue weighted by Gasteiger charge is -2.13. The van der Waals surface area contributed by atoms with Crippen LogP contribution < -0.4 is 5.32 Å². The molecule has 1 heterocycles. The van der Waals surface area contributed by atoms with Crippen molar-refractivity contribution in [3.63, 3.8) is 0 Å². The molecule has 7 nitrogen and oxygen atoms in total. The number of carboxylic acid groups (broad SMARTS) is 1. The fourth-order valence-corrected chi connectivity index (χ4v) is 5.08. The highest BCUT2D eigenvalue weighted by atomic mass is 16.4. The quantitative estimate of drug-likeness (QED) is 0.209. The number of nitriles is 1. The predicted molar refractivity (Wildman–Crippen MR) is 165 cm³/mol. The maximum absolute atomic E-state index is 13.7. The predicted octanol–water partition coefficient (Wildman–Crippen LogP) is 6.92. The average Bonchev–Trinajstić information content (AvgIpc) is 3.46. The number of nitrogens with one attached hydrogen (secondary N) is 1. The second-order valence-corrected chi connectivity index (χ2v) is 10.2. The third-order valence-corrected chi connectivity index (χ3v) is 7.37. The van der Waals surface area contributed by atoms with Gasteiger partial charge in [0.2, 0.25) is 0 Å². The second kappa shape index (κ2) is 11.9. The molecular formula is C36H26N4O3. The van der Waals surface area contributed by atoms with E-state index in [-0.39, 0.29) is 18.0 Å². The van der Waals surface area contributed by atoms with Gasteiger partial charge in [-0.05, 0) is 69.8 Å². The molecule has 2 N–H and O–H groups in total. The summed E-state index contributed by atoms with van der Waals surface area (Å²) in [4.78, 5) is 24.9. The van der Waals surface area contributed by atoms with Gasteiger partial charge in [-0.25, -0.2) is 4.79 Å². The van der Waals surface area contributed by atoms with Crippen molar-refractivity contribution in [2.45, 2.75) is 13.1 Å². The summed E-state index contributed by atoms with van der Waals surface area (Å²) in [6, 6.07) is 38.1. The van der Waals surface area contributed by atoms with E-state index >= 15 is 0 Å². The van der Waals surface area contributed by atoms with Gasteiger partial charge in [0.05, 0.1) is 41.0 Å². The Bertz CT molecular complexity index is 1970. The first kappa shape index (κ1) is 27.2. The number of hydrogen-bond acceptors (Lipinski definition) is 4. The van der Waals surface area contributed by atoms with E-state index in [1.54, 1.807) is 30.5 Å². The van der Waals surface area contributed by atoms with Gasteiger partial charge in [0.25, 0.3) is 5.91 Å². The van der Waals surface area contributed by atoms with Crippen molar-refractivity contribution in [1.82, 2.24) is 15.1 Å². The number of amides is 1. The molecule has 6 rings (SSSR count). The summed E-state index contributed by atoms with van der Waals surface area (Å²) in [6.45, 7) is 0.710. The summed E-state index contributed by atoms with van der Waals surface area (Å²) in [5.74, 6) is -1.27. The van der Waals surface area contributed by atoms with Crippen molar-refractivity contribution in [3.05, 3.63) is 149 Å². The summed E-state index contributed by atoms with van der Waals surface area (Å²) in [5, 5.41) is 26.8. The molecule has 0 radical (unpaired) electrons. The normalized spacial score (nSPS) is 10.8. The SMILES string of the molecule is N#Cc1ccc(-c2cc(C(=O)NCc3ccc(C(=O)O)cc3)c3c(cnn3Cc3ccc(-c4ccccc4)cc3)c2)cc1. The Balaban J connectivity index is 1.33. The van der Waals surface area contributed by atoms with Crippen LogP contribution in [0.1, 0.15) is 37.4 Å². The van der Waals surface area contributed by atoms with Crippen molar-refractivity contribution in [3.8, 4) is 28.3 Å². The van der Waals surface area contributed by atoms with Crippen LogP contribution in [0.15, 0.2) is 121 Å². The van der Waals surface area contributed by atoms with Crippen LogP contribution in [0.25, 0.3) is 33.2 Å². The lowest BCUT2D eigenvalue weighted by Crippen LogP contribution is -2.24. The van der Waals surface area contributed by atoms with E-state index in [0.29, 0.717) is 23.2 Å². The lowest BCUT2D eigenvalue weighted by atomic mass is 9.99. The molecule has 0 aliphatic rings. The number of carbonyl (C=O) groups is 2. The Kier molecular flexibility index (Phi) is 7.49. The van der Waals surface area contributed by atoms with Crippen LogP contribution in [0.3, 0.4) is 0 Å². The van der Waals surface area contributed by atoms with E-state index in [0.717, 1.165) is 38.8 Å². The first-order chi connectivity index (χ1) is 21.0. The molecule has 208 valence electrons. The number of nitrogens with zero attached hydrogens (tertiary/aromatic N) is 3. The Morgan fingerprint density at radius 1 is 0.767 bits per heavy atom. The molecule has 1 aromatic heterocycles. The van der Waals surface area contributed by atoms with Crippen molar-refractivity contribution in [2.75, 3.05) is 0 Å². The van der Waals surface area contributed by atoms with Crippen LogP contribution in [-0.4, -0.2) is 26.8 Å². The number of rotatable bonds is 8. The molecule has 0 aliphatic heterocycles. The number of benzene rings is 5. The molecule has 0 unspecified atom stereocenters. The van der Waals surface area contributed by atoms with Crippen LogP contribution in [0, 0.1) is 11.3 Å². The van der Waals surface area contributed by atoms with Crippen molar-refractivity contribution >= 4 is 22.8 Å². The Hall–Kier alpha value is -6.00. The average molecular weight is 563 g/mol. The summed E-state index contributed by atoms with van der Waals surface area (Å²) in [6.07, 6.45) is 1.77. The molecule has 0 bridgehead atoms. The van der Waals surface area contributed by atoms with Gasteiger partial charge in [0.1, 0.15) is 0 Å². The highest BCUT2D eigenvalue weighted by Crippen LogP contribution is 2.29. The molecule has 6 aromatic rings. The maximum Gasteiger partial charge on any atom is 0.335 e. The molecule has 5 aromatic carbocycles. The van der Waals surface area contributed by atoms with Crippen LogP contribution >= 0.6 is 0 Å². The van der Waals surface area contributed by atoms with Gasteiger partial charge in [0.15, 0.2) is 0 Å². The Labute approximate surface area is 248 Å². The Morgan fingerprint density at radius 3 is 2.07 bits per heavy atom. The topological polar surface area (TPSA) is 108 Å². The first-order valence-corrected chi connectivity index (χ1v) is 13.7. The lowest BCUT2D eigenvalue weighted by molar-refractivity contribution is 0.0696. The second-order valence-electron chi connectivity index (χ2n) is 10.2. The zero-order valence-corrected chi connectivity index (χ0v) is 23.1. The first-order valence-electron chi connectivity index (χ1n) is 13.7. The number of hydrogen-bond donors (Lipinski definition) is 2. The number of carboxylic acids is 1. The third-order valence-electron chi connectivity index (χ3n) is 7.37. The van der Waals surface area contributed by atoms with Crippen LogP contribution in [0.4, 0.5) is 0 Å². The summed E-state index contributed by atoms with van der Waals surface area (Å²) in [5.41, 5.74) is 7.73. The van der Waals surface area contributed by atoms with Crippen LogP contribution in [-0.2, 0) is 13.1 Å². The highest BCUT2D eigenvalue weighted by molar-refractivity contribution is 6.07. The van der Waals surface area contributed by atoms with E-state index in [1.807, 2.05) is 47.1 Å². The van der Waals surface area contributed by atoms with Gasteiger partial charge >= 0.3 is 5.97 Å². The van der Waals surface area contributed by atoms with Crippen molar-refractivity contribution in [2.24, 2.45) is 0 Å². The molecule has 0 saturated carbocycles. The van der Waals surface area contributed by atoms with Gasteiger partial charge in [0, 0.05) is 11.9 Å². The van der Waals surface area contributed by atoms with E-state index < -0.39 is 5.97 Å². The molecule has 0 atom stereocenters. The zero-order chi connectivity index (χ0) is 29.8. The molecule has 0 fully saturated rings. The minimum absolute atomic E-state index is 0.188. The molecule has 1 amide bonds. The molecular weight excluding hydrogens is 536 g/mol. The molecule has 0 saturated heterocycles. The maximum atomic E-state index is 13.7. The third kappa shape index (κ3) is 5.90. The molecule has 43 heavy (non-hydrogen) atoms. The fraction of sp³-hybridized carbons (Fsp3) is 0.0556. The van der Waals surface area contributed by atoms with Crippen LogP contribution in [0.5, 0.6) is 0 Å². The fourth-order valence-electron chi connectivity index (χ4n) is 5.08. The largest absolute Gasteiger partial charge is 0.478 e. The Morgan fingerprint density at radius 2 is 1.40 bits per heavy atom. The van der Waals surface area contributed by atoms with E-state index in [2.05, 4.69) is 52.9 Å². The number of aromatic carboxylic acids is 1. The van der Waals surface area contributed by atoms with E-state index in [9.17, 15) is 20.0 Å².